The molecule has 32 heavy (non-hydrogen) atoms. The summed E-state index contributed by atoms with van der Waals surface area (Å²) >= 11 is 3.35. The largest absolute Gasteiger partial charge is 0.507 e. The molecule has 1 aliphatic heterocycles. The van der Waals surface area contributed by atoms with E-state index in [-0.39, 0.29) is 22.6 Å². The number of rotatable bonds is 6. The van der Waals surface area contributed by atoms with Gasteiger partial charge in [-0.2, -0.15) is 0 Å². The molecule has 0 saturated carbocycles. The van der Waals surface area contributed by atoms with Gasteiger partial charge in [-0.25, -0.2) is 0 Å². The molecule has 0 radical (unpaired) electrons. The number of fused-ring (bicyclic) bond motifs is 2. The van der Waals surface area contributed by atoms with E-state index in [1.54, 1.807) is 30.3 Å². The molecule has 1 heterocycles. The van der Waals surface area contributed by atoms with Gasteiger partial charge in [0.05, 0.1) is 10.5 Å². The fourth-order valence-corrected chi connectivity index (χ4v) is 4.30. The molecule has 4 rings (SSSR count). The van der Waals surface area contributed by atoms with E-state index in [1.807, 2.05) is 6.92 Å². The van der Waals surface area contributed by atoms with Crippen LogP contribution >= 0.6 is 15.9 Å². The first-order chi connectivity index (χ1) is 15.3. The normalized spacial score (nSPS) is 17.6. The topological polar surface area (TPSA) is 119 Å². The predicted octanol–water partition coefficient (Wildman–Crippen LogP) is 4.50. The first-order valence-corrected chi connectivity index (χ1v) is 10.9. The minimum absolute atomic E-state index is 0.0632. The van der Waals surface area contributed by atoms with Crippen LogP contribution in [-0.2, 0) is 4.79 Å². The van der Waals surface area contributed by atoms with Crippen molar-refractivity contribution in [3.63, 3.8) is 0 Å². The monoisotopic (exact) mass is 498 g/mol. The molecule has 164 valence electrons. The van der Waals surface area contributed by atoms with Crippen molar-refractivity contribution in [1.82, 2.24) is 5.32 Å². The van der Waals surface area contributed by atoms with Crippen LogP contribution in [0.3, 0.4) is 0 Å². The number of nitrogens with zero attached hydrogens (tertiary/aromatic N) is 1. The van der Waals surface area contributed by atoms with Crippen molar-refractivity contribution >= 4 is 33.3 Å². The highest BCUT2D eigenvalue weighted by Gasteiger charge is 2.47. The van der Waals surface area contributed by atoms with Gasteiger partial charge in [-0.15, -0.1) is 0 Å². The van der Waals surface area contributed by atoms with Crippen molar-refractivity contribution in [2.45, 2.75) is 25.7 Å². The predicted molar refractivity (Wildman–Crippen MR) is 120 cm³/mol. The average Bonchev–Trinajstić information content (AvgIpc) is 2.77. The summed E-state index contributed by atoms with van der Waals surface area (Å²) in [7, 11) is 0. The fraction of sp³-hybridized carbons (Fsp3) is 0.217. The van der Waals surface area contributed by atoms with Crippen molar-refractivity contribution in [3.8, 4) is 5.75 Å². The van der Waals surface area contributed by atoms with E-state index in [0.717, 1.165) is 12.8 Å². The SMILES string of the molecule is CCCCNC1=C([N+](=O)[O-])C(C2=C(O)c3ccccc3C(=O)C2=O)c2cc(Br)ccc2O1. The lowest BCUT2D eigenvalue weighted by Crippen LogP contribution is -2.34. The van der Waals surface area contributed by atoms with Gasteiger partial charge in [-0.3, -0.25) is 19.7 Å². The Hall–Kier alpha value is -3.46. The molecule has 1 atom stereocenters. The molecule has 0 fully saturated rings. The van der Waals surface area contributed by atoms with Crippen LogP contribution in [0.25, 0.3) is 5.76 Å². The van der Waals surface area contributed by atoms with Crippen molar-refractivity contribution < 1.29 is 24.4 Å². The molecule has 0 bridgehead atoms. The van der Waals surface area contributed by atoms with Crippen LogP contribution in [0.2, 0.25) is 0 Å². The van der Waals surface area contributed by atoms with Crippen LogP contribution in [0.15, 0.2) is 64.1 Å². The molecular weight excluding hydrogens is 480 g/mol. The van der Waals surface area contributed by atoms with Crippen LogP contribution in [0.5, 0.6) is 5.75 Å². The second kappa shape index (κ2) is 8.58. The van der Waals surface area contributed by atoms with Crippen LogP contribution in [0.4, 0.5) is 0 Å². The number of hydrogen-bond acceptors (Lipinski definition) is 7. The van der Waals surface area contributed by atoms with Gasteiger partial charge in [0.25, 0.3) is 5.88 Å². The minimum Gasteiger partial charge on any atom is -0.507 e. The number of halogens is 1. The maximum absolute atomic E-state index is 13.1. The van der Waals surface area contributed by atoms with Gasteiger partial charge in [0.1, 0.15) is 17.4 Å². The zero-order chi connectivity index (χ0) is 23.0. The number of benzene rings is 2. The van der Waals surface area contributed by atoms with Gasteiger partial charge in [0.2, 0.25) is 11.6 Å². The van der Waals surface area contributed by atoms with Gasteiger partial charge in [-0.05, 0) is 24.6 Å². The maximum atomic E-state index is 13.1. The van der Waals surface area contributed by atoms with Crippen LogP contribution in [-0.4, -0.2) is 28.1 Å². The third-order valence-electron chi connectivity index (χ3n) is 5.43. The first-order valence-electron chi connectivity index (χ1n) is 10.1. The Morgan fingerprint density at radius 2 is 1.88 bits per heavy atom. The van der Waals surface area contributed by atoms with Gasteiger partial charge in [-0.1, -0.05) is 53.5 Å². The number of nitrogens with one attached hydrogen (secondary N) is 1. The molecular formula is C23H19BrN2O6. The lowest BCUT2D eigenvalue weighted by Gasteiger charge is -2.29. The number of carbonyl (C=O) groups is 2. The summed E-state index contributed by atoms with van der Waals surface area (Å²) in [6.07, 6.45) is 1.60. The molecule has 2 aliphatic rings. The smallest absolute Gasteiger partial charge is 0.317 e. The molecule has 2 aromatic carbocycles. The van der Waals surface area contributed by atoms with Crippen LogP contribution in [0, 0.1) is 10.1 Å². The summed E-state index contributed by atoms with van der Waals surface area (Å²) in [5.41, 5.74) is -0.243. The van der Waals surface area contributed by atoms with Gasteiger partial charge < -0.3 is 15.2 Å². The summed E-state index contributed by atoms with van der Waals surface area (Å²) < 4.78 is 6.40. The molecule has 0 saturated heterocycles. The number of carbonyl (C=O) groups excluding carboxylic acids is 2. The van der Waals surface area contributed by atoms with E-state index in [4.69, 9.17) is 4.74 Å². The zero-order valence-electron chi connectivity index (χ0n) is 17.1. The molecule has 2 N–H and O–H groups in total. The van der Waals surface area contributed by atoms with E-state index >= 15 is 0 Å². The quantitative estimate of drug-likeness (QED) is 0.260. The molecule has 8 nitrogen and oxygen atoms in total. The number of allylic oxidation sites excluding steroid dienone is 1. The van der Waals surface area contributed by atoms with Gasteiger partial charge >= 0.3 is 5.70 Å². The number of aliphatic hydroxyl groups excluding tert-OH is 1. The zero-order valence-corrected chi connectivity index (χ0v) is 18.6. The number of Topliss-reactive ketones (excluding diaryl/α,β-unsaturated/α-hetero) is 2. The number of ether oxygens (including phenoxy) is 1. The van der Waals surface area contributed by atoms with Gasteiger partial charge in [0, 0.05) is 27.7 Å². The minimum atomic E-state index is -1.31. The summed E-state index contributed by atoms with van der Waals surface area (Å²) in [6.45, 7) is 2.40. The number of hydrogen-bond donors (Lipinski definition) is 2. The summed E-state index contributed by atoms with van der Waals surface area (Å²) in [5.74, 6) is -3.37. The number of nitro groups is 1. The van der Waals surface area contributed by atoms with Crippen molar-refractivity contribution in [1.29, 1.82) is 0 Å². The Morgan fingerprint density at radius 3 is 2.56 bits per heavy atom. The lowest BCUT2D eigenvalue weighted by molar-refractivity contribution is -0.433. The Balaban J connectivity index is 1.99. The number of aliphatic hydroxyl groups is 1. The summed E-state index contributed by atoms with van der Waals surface area (Å²) in [6, 6.07) is 11.1. The molecule has 0 spiro atoms. The Bertz CT molecular complexity index is 1220. The summed E-state index contributed by atoms with van der Waals surface area (Å²) in [5, 5.41) is 26.2. The van der Waals surface area contributed by atoms with Crippen molar-refractivity contribution in [2.75, 3.05) is 6.54 Å². The highest BCUT2D eigenvalue weighted by Crippen LogP contribution is 2.47. The third-order valence-corrected chi connectivity index (χ3v) is 5.93. The van der Waals surface area contributed by atoms with E-state index in [2.05, 4.69) is 21.2 Å². The average molecular weight is 499 g/mol. The lowest BCUT2D eigenvalue weighted by atomic mass is 9.77. The number of unbranched alkanes of at least 4 members (excludes halogenated alkanes) is 1. The molecule has 1 unspecified atom stereocenters. The van der Waals surface area contributed by atoms with E-state index in [1.165, 1.54) is 12.1 Å². The maximum Gasteiger partial charge on any atom is 0.317 e. The van der Waals surface area contributed by atoms with Gasteiger partial charge in [0.15, 0.2) is 0 Å². The van der Waals surface area contributed by atoms with Crippen LogP contribution < -0.4 is 10.1 Å². The highest BCUT2D eigenvalue weighted by atomic mass is 79.9. The van der Waals surface area contributed by atoms with E-state index in [0.29, 0.717) is 22.3 Å². The Morgan fingerprint density at radius 1 is 1.16 bits per heavy atom. The molecule has 0 amide bonds. The summed E-state index contributed by atoms with van der Waals surface area (Å²) in [4.78, 5) is 37.5. The van der Waals surface area contributed by atoms with E-state index in [9.17, 15) is 24.8 Å². The Kier molecular flexibility index (Phi) is 5.84. The van der Waals surface area contributed by atoms with Crippen molar-refractivity contribution in [3.05, 3.63) is 90.9 Å². The molecule has 0 aromatic heterocycles. The van der Waals surface area contributed by atoms with Crippen molar-refractivity contribution in [2.24, 2.45) is 0 Å². The number of ketones is 2. The van der Waals surface area contributed by atoms with Crippen LogP contribution in [0.1, 0.15) is 47.2 Å². The second-order valence-corrected chi connectivity index (χ2v) is 8.35. The molecule has 2 aromatic rings. The third kappa shape index (κ3) is 3.58. The van der Waals surface area contributed by atoms with E-state index < -0.39 is 33.9 Å². The standard InChI is InChI=1S/C23H19BrN2O6/c1-2-3-10-25-23-19(26(30)31)17(15-11-12(24)8-9-16(15)32-23)18-20(27)13-6-4-5-7-14(13)21(28)22(18)29/h4-9,11,17,25,27H,2-3,10H2,1H3. The highest BCUT2D eigenvalue weighted by molar-refractivity contribution is 9.10. The Labute approximate surface area is 191 Å². The first kappa shape index (κ1) is 21.8. The molecule has 1 aliphatic carbocycles. The fourth-order valence-electron chi connectivity index (χ4n) is 3.92. The second-order valence-electron chi connectivity index (χ2n) is 7.44. The molecule has 9 heteroatoms.